The summed E-state index contributed by atoms with van der Waals surface area (Å²) in [7, 11) is 0. The summed E-state index contributed by atoms with van der Waals surface area (Å²) in [5.41, 5.74) is -0.942. The average Bonchev–Trinajstić information content (AvgIpc) is 2.49. The Morgan fingerprint density at radius 2 is 1.85 bits per heavy atom. The van der Waals surface area contributed by atoms with E-state index >= 15 is 0 Å². The topological polar surface area (TPSA) is 17.1 Å². The second-order valence-corrected chi connectivity index (χ2v) is 4.45. The maximum atomic E-state index is 11.9. The predicted molar refractivity (Wildman–Crippen MR) is 42.2 cm³/mol. The van der Waals surface area contributed by atoms with Gasteiger partial charge in [0.2, 0.25) is 0 Å². The van der Waals surface area contributed by atoms with Crippen LogP contribution < -0.4 is 0 Å². The molecule has 0 aromatic heterocycles. The van der Waals surface area contributed by atoms with Crippen LogP contribution in [0.15, 0.2) is 0 Å². The van der Waals surface area contributed by atoms with Gasteiger partial charge in [0.1, 0.15) is 6.29 Å². The molecule has 13 heavy (non-hydrogen) atoms. The molecule has 0 N–H and O–H groups in total. The van der Waals surface area contributed by atoms with Gasteiger partial charge in [0.15, 0.2) is 0 Å². The van der Waals surface area contributed by atoms with Crippen molar-refractivity contribution >= 4 is 6.29 Å². The molecular formula is C9H13F3O. The first-order valence-electron chi connectivity index (χ1n) is 4.26. The molecule has 1 aliphatic carbocycles. The van der Waals surface area contributed by atoms with Crippen molar-refractivity contribution in [1.29, 1.82) is 0 Å². The Balaban J connectivity index is 2.50. The molecule has 0 amide bonds. The first-order valence-corrected chi connectivity index (χ1v) is 4.26. The molecular weight excluding hydrogens is 181 g/mol. The molecule has 4 heteroatoms. The Labute approximate surface area is 75.3 Å². The molecule has 0 spiro atoms. The minimum atomic E-state index is -4.14. The molecule has 1 unspecified atom stereocenters. The fourth-order valence-electron chi connectivity index (χ4n) is 1.80. The van der Waals surface area contributed by atoms with Gasteiger partial charge in [0, 0.05) is 11.8 Å². The van der Waals surface area contributed by atoms with Gasteiger partial charge in [-0.2, -0.15) is 13.2 Å². The van der Waals surface area contributed by atoms with Crippen LogP contribution in [0.4, 0.5) is 13.2 Å². The molecule has 0 heterocycles. The summed E-state index contributed by atoms with van der Waals surface area (Å²) in [6, 6.07) is 0. The van der Waals surface area contributed by atoms with Gasteiger partial charge in [0.25, 0.3) is 0 Å². The Bertz CT molecular complexity index is 219. The van der Waals surface area contributed by atoms with Crippen molar-refractivity contribution in [2.45, 2.75) is 39.3 Å². The number of aldehydes is 1. The van der Waals surface area contributed by atoms with Crippen LogP contribution >= 0.6 is 0 Å². The average molecular weight is 194 g/mol. The van der Waals surface area contributed by atoms with Gasteiger partial charge in [-0.25, -0.2) is 0 Å². The molecule has 76 valence electrons. The lowest BCUT2D eigenvalue weighted by Gasteiger charge is -2.14. The summed E-state index contributed by atoms with van der Waals surface area (Å²) in [5.74, 6) is 0. The third-order valence-electron chi connectivity index (χ3n) is 3.06. The smallest absolute Gasteiger partial charge is 0.303 e. The van der Waals surface area contributed by atoms with Crippen LogP contribution in [0.3, 0.4) is 0 Å². The van der Waals surface area contributed by atoms with Crippen molar-refractivity contribution in [2.75, 3.05) is 0 Å². The third-order valence-corrected chi connectivity index (χ3v) is 3.06. The molecule has 0 aliphatic heterocycles. The van der Waals surface area contributed by atoms with Crippen LogP contribution in [0.2, 0.25) is 0 Å². The van der Waals surface area contributed by atoms with Crippen LogP contribution in [0.1, 0.15) is 33.1 Å². The van der Waals surface area contributed by atoms with Gasteiger partial charge in [0.05, 0.1) is 0 Å². The lowest BCUT2D eigenvalue weighted by Crippen LogP contribution is -2.16. The monoisotopic (exact) mass is 194 g/mol. The summed E-state index contributed by atoms with van der Waals surface area (Å²) in [5, 5.41) is 0. The first kappa shape index (κ1) is 10.5. The molecule has 0 bridgehead atoms. The maximum Gasteiger partial charge on any atom is 0.389 e. The number of carbonyl (C=O) groups excluding carboxylic acids is 1. The minimum absolute atomic E-state index is 0.0625. The molecule has 0 aromatic rings. The second kappa shape index (κ2) is 2.72. The zero-order valence-electron chi connectivity index (χ0n) is 7.74. The molecule has 0 saturated heterocycles. The normalized spacial score (nSPS) is 31.5. The van der Waals surface area contributed by atoms with Crippen molar-refractivity contribution in [3.8, 4) is 0 Å². The van der Waals surface area contributed by atoms with E-state index in [1.54, 1.807) is 0 Å². The summed E-state index contributed by atoms with van der Waals surface area (Å²) in [6.07, 6.45) is -3.78. The fraction of sp³-hybridized carbons (Fsp3) is 0.889. The fourth-order valence-corrected chi connectivity index (χ4v) is 1.80. The van der Waals surface area contributed by atoms with Gasteiger partial charge in [-0.1, -0.05) is 13.8 Å². The van der Waals surface area contributed by atoms with Crippen molar-refractivity contribution < 1.29 is 18.0 Å². The molecule has 1 atom stereocenters. The molecule has 1 aliphatic rings. The minimum Gasteiger partial charge on any atom is -0.303 e. The number of alkyl halides is 3. The summed E-state index contributed by atoms with van der Waals surface area (Å²) >= 11 is 0. The molecule has 1 rings (SSSR count). The molecule has 1 nitrogen and oxygen atoms in total. The van der Waals surface area contributed by atoms with Gasteiger partial charge < -0.3 is 4.79 Å². The van der Waals surface area contributed by atoms with E-state index < -0.39 is 18.0 Å². The standard InChI is InChI=1S/C9H13F3O/c1-7(2)5-8(7,6-13)3-4-9(10,11)12/h6H,3-5H2,1-2H3. The molecule has 0 aromatic carbocycles. The number of rotatable bonds is 3. The van der Waals surface area contributed by atoms with Crippen molar-refractivity contribution in [3.05, 3.63) is 0 Å². The third kappa shape index (κ3) is 2.03. The van der Waals surface area contributed by atoms with Crippen molar-refractivity contribution in [2.24, 2.45) is 10.8 Å². The van der Waals surface area contributed by atoms with E-state index in [2.05, 4.69) is 0 Å². The van der Waals surface area contributed by atoms with Crippen LogP contribution in [0.25, 0.3) is 0 Å². The Hall–Kier alpha value is -0.540. The first-order chi connectivity index (χ1) is 5.72. The van der Waals surface area contributed by atoms with Gasteiger partial charge >= 0.3 is 6.18 Å². The van der Waals surface area contributed by atoms with Gasteiger partial charge in [-0.3, -0.25) is 0 Å². The lowest BCUT2D eigenvalue weighted by atomic mass is 9.92. The Kier molecular flexibility index (Phi) is 2.21. The number of hydrogen-bond acceptors (Lipinski definition) is 1. The second-order valence-electron chi connectivity index (χ2n) is 4.45. The molecule has 1 fully saturated rings. The number of carbonyl (C=O) groups is 1. The highest BCUT2D eigenvalue weighted by Gasteiger charge is 2.61. The van der Waals surface area contributed by atoms with Crippen molar-refractivity contribution in [1.82, 2.24) is 0 Å². The highest BCUT2D eigenvalue weighted by atomic mass is 19.4. The summed E-state index contributed by atoms with van der Waals surface area (Å²) in [6.45, 7) is 3.66. The summed E-state index contributed by atoms with van der Waals surface area (Å²) < 4.78 is 35.7. The molecule has 0 radical (unpaired) electrons. The van der Waals surface area contributed by atoms with E-state index in [0.717, 1.165) is 0 Å². The highest BCUT2D eigenvalue weighted by Crippen LogP contribution is 2.65. The number of halogens is 3. The van der Waals surface area contributed by atoms with Crippen LogP contribution in [-0.4, -0.2) is 12.5 Å². The van der Waals surface area contributed by atoms with E-state index in [1.807, 2.05) is 13.8 Å². The Morgan fingerprint density at radius 3 is 2.08 bits per heavy atom. The quantitative estimate of drug-likeness (QED) is 0.631. The lowest BCUT2D eigenvalue weighted by molar-refractivity contribution is -0.140. The Morgan fingerprint density at radius 1 is 1.38 bits per heavy atom. The number of hydrogen-bond donors (Lipinski definition) is 0. The van der Waals surface area contributed by atoms with Crippen LogP contribution in [-0.2, 0) is 4.79 Å². The van der Waals surface area contributed by atoms with E-state index in [1.165, 1.54) is 0 Å². The SMILES string of the molecule is CC1(C)CC1(C=O)CCC(F)(F)F. The van der Waals surface area contributed by atoms with E-state index in [4.69, 9.17) is 0 Å². The summed E-state index contributed by atoms with van der Waals surface area (Å²) in [4.78, 5) is 10.7. The van der Waals surface area contributed by atoms with E-state index in [9.17, 15) is 18.0 Å². The largest absolute Gasteiger partial charge is 0.389 e. The van der Waals surface area contributed by atoms with Gasteiger partial charge in [-0.15, -0.1) is 0 Å². The zero-order chi connectivity index (χ0) is 10.3. The maximum absolute atomic E-state index is 11.9. The van der Waals surface area contributed by atoms with E-state index in [-0.39, 0.29) is 11.8 Å². The highest BCUT2D eigenvalue weighted by molar-refractivity contribution is 5.66. The van der Waals surface area contributed by atoms with Crippen molar-refractivity contribution in [3.63, 3.8) is 0 Å². The predicted octanol–water partition coefficient (Wildman–Crippen LogP) is 2.94. The van der Waals surface area contributed by atoms with Crippen LogP contribution in [0.5, 0.6) is 0 Å². The zero-order valence-corrected chi connectivity index (χ0v) is 7.74. The molecule has 1 saturated carbocycles. The van der Waals surface area contributed by atoms with E-state index in [0.29, 0.717) is 12.7 Å². The van der Waals surface area contributed by atoms with Gasteiger partial charge in [-0.05, 0) is 18.3 Å². The van der Waals surface area contributed by atoms with Crippen LogP contribution in [0, 0.1) is 10.8 Å².